The summed E-state index contributed by atoms with van der Waals surface area (Å²) in [6, 6.07) is 0. The summed E-state index contributed by atoms with van der Waals surface area (Å²) in [5.74, 6) is 0.921. The molecular weight excluding hydrogens is 218 g/mol. The molecule has 0 aliphatic carbocycles. The van der Waals surface area contributed by atoms with Gasteiger partial charge in [0.2, 0.25) is 0 Å². The molecule has 1 aromatic rings. The molecule has 0 saturated heterocycles. The van der Waals surface area contributed by atoms with Crippen LogP contribution in [-0.4, -0.2) is 17.6 Å². The Labute approximate surface area is 102 Å². The number of hydrogen-bond donors (Lipinski definition) is 0. The number of ether oxygens (including phenoxy) is 1. The third kappa shape index (κ3) is 3.08. The number of esters is 1. The molecule has 0 fully saturated rings. The molecule has 0 aliphatic heterocycles. The molecule has 0 bridgehead atoms. The van der Waals surface area contributed by atoms with Gasteiger partial charge >= 0.3 is 5.97 Å². The third-order valence-electron chi connectivity index (χ3n) is 2.29. The average molecular weight is 239 g/mol. The largest absolute Gasteiger partial charge is 0.461 e. The average Bonchev–Trinajstić information content (AvgIpc) is 2.61. The van der Waals surface area contributed by atoms with Gasteiger partial charge in [-0.05, 0) is 6.92 Å². The Morgan fingerprint density at radius 2 is 2.00 bits per heavy atom. The normalized spacial score (nSPS) is 11.9. The van der Waals surface area contributed by atoms with Gasteiger partial charge < -0.3 is 9.15 Å². The van der Waals surface area contributed by atoms with Crippen LogP contribution in [0.2, 0.25) is 0 Å². The van der Waals surface area contributed by atoms with E-state index in [2.05, 4.69) is 4.98 Å². The topological polar surface area (TPSA) is 52.3 Å². The molecule has 0 aliphatic rings. The lowest BCUT2D eigenvalue weighted by Crippen LogP contribution is -2.17. The summed E-state index contributed by atoms with van der Waals surface area (Å²) in [4.78, 5) is 16.1. The van der Waals surface area contributed by atoms with E-state index >= 15 is 0 Å². The van der Waals surface area contributed by atoms with Gasteiger partial charge in [0.1, 0.15) is 5.76 Å². The van der Waals surface area contributed by atoms with Crippen LogP contribution in [0.1, 0.15) is 69.6 Å². The summed E-state index contributed by atoms with van der Waals surface area (Å²) in [6.45, 7) is 12.0. The van der Waals surface area contributed by atoms with Crippen LogP contribution in [0, 0.1) is 0 Å². The molecule has 4 heteroatoms. The van der Waals surface area contributed by atoms with Gasteiger partial charge in [0.05, 0.1) is 6.61 Å². The number of carbonyl (C=O) groups is 1. The van der Waals surface area contributed by atoms with Gasteiger partial charge in [0.15, 0.2) is 11.6 Å². The van der Waals surface area contributed by atoms with Crippen LogP contribution in [0.25, 0.3) is 0 Å². The number of oxazole rings is 1. The predicted octanol–water partition coefficient (Wildman–Crippen LogP) is 3.27. The highest BCUT2D eigenvalue weighted by atomic mass is 16.5. The van der Waals surface area contributed by atoms with Gasteiger partial charge in [-0.15, -0.1) is 0 Å². The fraction of sp³-hybridized carbons (Fsp3) is 0.692. The van der Waals surface area contributed by atoms with Crippen molar-refractivity contribution in [2.45, 2.75) is 52.9 Å². The van der Waals surface area contributed by atoms with Gasteiger partial charge in [-0.2, -0.15) is 0 Å². The smallest absolute Gasteiger partial charge is 0.360 e. The zero-order chi connectivity index (χ0) is 13.2. The minimum absolute atomic E-state index is 0.152. The first-order valence-corrected chi connectivity index (χ1v) is 5.95. The van der Waals surface area contributed by atoms with E-state index in [1.165, 1.54) is 0 Å². The lowest BCUT2D eigenvalue weighted by atomic mass is 9.92. The summed E-state index contributed by atoms with van der Waals surface area (Å²) >= 11 is 0. The van der Waals surface area contributed by atoms with E-state index < -0.39 is 5.97 Å². The number of hydrogen-bond acceptors (Lipinski definition) is 4. The second kappa shape index (κ2) is 4.90. The first-order valence-electron chi connectivity index (χ1n) is 5.95. The van der Waals surface area contributed by atoms with Crippen molar-refractivity contribution in [3.05, 3.63) is 17.3 Å². The van der Waals surface area contributed by atoms with Gasteiger partial charge in [0.25, 0.3) is 0 Å². The molecule has 1 rings (SSSR count). The standard InChI is InChI=1S/C13H21NO3/c1-7-16-12(15)9-10(13(4,5)6)17-11(14-9)8(2)3/h8H,7H2,1-6H3. The first kappa shape index (κ1) is 13.7. The predicted molar refractivity (Wildman–Crippen MR) is 65.2 cm³/mol. The van der Waals surface area contributed by atoms with Crippen molar-refractivity contribution < 1.29 is 13.9 Å². The highest BCUT2D eigenvalue weighted by Crippen LogP contribution is 2.29. The molecule has 0 radical (unpaired) electrons. The second-order valence-corrected chi connectivity index (χ2v) is 5.36. The Morgan fingerprint density at radius 3 is 2.41 bits per heavy atom. The van der Waals surface area contributed by atoms with Crippen LogP contribution in [0.5, 0.6) is 0 Å². The van der Waals surface area contributed by atoms with Crippen molar-refractivity contribution in [3.8, 4) is 0 Å². The molecule has 96 valence electrons. The van der Waals surface area contributed by atoms with Crippen LogP contribution in [0.3, 0.4) is 0 Å². The van der Waals surface area contributed by atoms with Gasteiger partial charge in [0, 0.05) is 11.3 Å². The van der Waals surface area contributed by atoms with Gasteiger partial charge in [-0.25, -0.2) is 9.78 Å². The zero-order valence-corrected chi connectivity index (χ0v) is 11.5. The van der Waals surface area contributed by atoms with E-state index in [1.807, 2.05) is 34.6 Å². The zero-order valence-electron chi connectivity index (χ0n) is 11.5. The Balaban J connectivity index is 3.22. The van der Waals surface area contributed by atoms with Gasteiger partial charge in [-0.3, -0.25) is 0 Å². The summed E-state index contributed by atoms with van der Waals surface area (Å²) in [7, 11) is 0. The number of rotatable bonds is 3. The van der Waals surface area contributed by atoms with Crippen molar-refractivity contribution in [2.24, 2.45) is 0 Å². The molecule has 0 saturated carbocycles. The number of nitrogens with zero attached hydrogens (tertiary/aromatic N) is 1. The molecule has 1 heterocycles. The molecule has 0 amide bonds. The minimum Gasteiger partial charge on any atom is -0.461 e. The highest BCUT2D eigenvalue weighted by Gasteiger charge is 2.30. The van der Waals surface area contributed by atoms with Crippen molar-refractivity contribution in [1.29, 1.82) is 0 Å². The highest BCUT2D eigenvalue weighted by molar-refractivity contribution is 5.88. The van der Waals surface area contributed by atoms with Crippen molar-refractivity contribution in [1.82, 2.24) is 4.98 Å². The Bertz CT molecular complexity index is 399. The molecule has 4 nitrogen and oxygen atoms in total. The SMILES string of the molecule is CCOC(=O)c1nc(C(C)C)oc1C(C)(C)C. The molecule has 0 atom stereocenters. The summed E-state index contributed by atoms with van der Waals surface area (Å²) < 4.78 is 10.7. The van der Waals surface area contributed by atoms with Crippen molar-refractivity contribution in [2.75, 3.05) is 6.61 Å². The molecule has 0 N–H and O–H groups in total. The summed E-state index contributed by atoms with van der Waals surface area (Å²) in [5.41, 5.74) is 0.0467. The maximum atomic E-state index is 11.8. The van der Waals surface area contributed by atoms with E-state index in [-0.39, 0.29) is 11.3 Å². The third-order valence-corrected chi connectivity index (χ3v) is 2.29. The van der Waals surface area contributed by atoms with Crippen LogP contribution in [-0.2, 0) is 10.2 Å². The summed E-state index contributed by atoms with van der Waals surface area (Å²) in [5, 5.41) is 0. The molecule has 0 unspecified atom stereocenters. The minimum atomic E-state index is -0.409. The fourth-order valence-corrected chi connectivity index (χ4v) is 1.43. The molecule has 0 aromatic carbocycles. The fourth-order valence-electron chi connectivity index (χ4n) is 1.43. The van der Waals surface area contributed by atoms with Crippen molar-refractivity contribution in [3.63, 3.8) is 0 Å². The van der Waals surface area contributed by atoms with E-state index in [0.717, 1.165) is 0 Å². The lowest BCUT2D eigenvalue weighted by Gasteiger charge is -2.15. The van der Waals surface area contributed by atoms with E-state index in [4.69, 9.17) is 9.15 Å². The monoisotopic (exact) mass is 239 g/mol. The Hall–Kier alpha value is -1.32. The number of carbonyl (C=O) groups excluding carboxylic acids is 1. The van der Waals surface area contributed by atoms with Crippen LogP contribution < -0.4 is 0 Å². The molecular formula is C13H21NO3. The van der Waals surface area contributed by atoms with E-state index in [9.17, 15) is 4.79 Å². The first-order chi connectivity index (χ1) is 7.77. The molecule has 1 aromatic heterocycles. The summed E-state index contributed by atoms with van der Waals surface area (Å²) in [6.07, 6.45) is 0. The van der Waals surface area contributed by atoms with Gasteiger partial charge in [-0.1, -0.05) is 34.6 Å². The maximum Gasteiger partial charge on any atom is 0.360 e. The molecule has 17 heavy (non-hydrogen) atoms. The second-order valence-electron chi connectivity index (χ2n) is 5.36. The Morgan fingerprint density at radius 1 is 1.41 bits per heavy atom. The number of aromatic nitrogens is 1. The van der Waals surface area contributed by atoms with Crippen LogP contribution >= 0.6 is 0 Å². The molecule has 0 spiro atoms. The van der Waals surface area contributed by atoms with Crippen molar-refractivity contribution >= 4 is 5.97 Å². The Kier molecular flexibility index (Phi) is 3.96. The lowest BCUT2D eigenvalue weighted by molar-refractivity contribution is 0.0515. The quantitative estimate of drug-likeness (QED) is 0.759. The van der Waals surface area contributed by atoms with Crippen LogP contribution in [0.15, 0.2) is 4.42 Å². The van der Waals surface area contributed by atoms with Crippen LogP contribution in [0.4, 0.5) is 0 Å². The van der Waals surface area contributed by atoms with E-state index in [0.29, 0.717) is 24.0 Å². The maximum absolute atomic E-state index is 11.8. The van der Waals surface area contributed by atoms with E-state index in [1.54, 1.807) is 6.92 Å².